The Morgan fingerprint density at radius 1 is 0.721 bits per heavy atom. The minimum atomic E-state index is -1.84. The lowest BCUT2D eigenvalue weighted by molar-refractivity contribution is -0.352. The van der Waals surface area contributed by atoms with E-state index in [9.17, 15) is 56.2 Å². The van der Waals surface area contributed by atoms with Crippen LogP contribution in [0.4, 0.5) is 0 Å². The highest BCUT2D eigenvalue weighted by atomic mass is 16.7. The van der Waals surface area contributed by atoms with Gasteiger partial charge >= 0.3 is 0 Å². The van der Waals surface area contributed by atoms with Gasteiger partial charge in [0.05, 0.1) is 19.3 Å². The number of aliphatic hydroxyl groups is 8. The molecule has 2 unspecified atom stereocenters. The summed E-state index contributed by atoms with van der Waals surface area (Å²) in [5.74, 6) is -1.02. The van der Waals surface area contributed by atoms with Crippen LogP contribution in [0.25, 0.3) is 0 Å². The number of aliphatic hydroxyl groups excluding tert-OH is 8. The van der Waals surface area contributed by atoms with E-state index in [1.54, 1.807) is 0 Å². The summed E-state index contributed by atoms with van der Waals surface area (Å²) in [7, 11) is 0. The van der Waals surface area contributed by atoms with Gasteiger partial charge in [-0.25, -0.2) is 0 Å². The molecular formula is C27H34O16. The molecule has 2 aromatic carbocycles. The van der Waals surface area contributed by atoms with E-state index in [-0.39, 0.29) is 29.4 Å². The molecule has 5 rings (SSSR count). The van der Waals surface area contributed by atoms with E-state index in [1.807, 2.05) is 0 Å². The summed E-state index contributed by atoms with van der Waals surface area (Å²) in [6, 6.07) is 6.35. The molecule has 12 atom stereocenters. The first-order chi connectivity index (χ1) is 20.4. The summed E-state index contributed by atoms with van der Waals surface area (Å²) in [5.41, 5.74) is 0.609. The molecule has 238 valence electrons. The smallest absolute Gasteiger partial charge is 0.229 e. The zero-order chi connectivity index (χ0) is 31.2. The fourth-order valence-corrected chi connectivity index (χ4v) is 5.34. The van der Waals surface area contributed by atoms with Crippen LogP contribution in [-0.4, -0.2) is 137 Å². The monoisotopic (exact) mass is 614 g/mol. The molecule has 16 nitrogen and oxygen atoms in total. The molecule has 2 fully saturated rings. The maximum atomic E-state index is 10.8. The lowest BCUT2D eigenvalue weighted by atomic mass is 9.94. The largest absolute Gasteiger partial charge is 0.508 e. The van der Waals surface area contributed by atoms with Gasteiger partial charge in [0.1, 0.15) is 72.2 Å². The van der Waals surface area contributed by atoms with Crippen LogP contribution in [0, 0.1) is 0 Å². The van der Waals surface area contributed by atoms with Crippen molar-refractivity contribution in [3.05, 3.63) is 41.5 Å². The van der Waals surface area contributed by atoms with Crippen LogP contribution in [-0.2, 0) is 20.6 Å². The first kappa shape index (κ1) is 31.4. The summed E-state index contributed by atoms with van der Waals surface area (Å²) in [6.45, 7) is -1.51. The predicted octanol–water partition coefficient (Wildman–Crippen LogP) is -3.16. The number of benzene rings is 2. The summed E-state index contributed by atoms with van der Waals surface area (Å²) >= 11 is 0. The van der Waals surface area contributed by atoms with Crippen molar-refractivity contribution in [1.29, 1.82) is 0 Å². The minimum Gasteiger partial charge on any atom is -0.508 e. The molecule has 2 aromatic rings. The molecule has 3 aliphatic heterocycles. The summed E-state index contributed by atoms with van der Waals surface area (Å²) < 4.78 is 27.7. The third kappa shape index (κ3) is 6.04. The molecular weight excluding hydrogens is 580 g/mol. The zero-order valence-corrected chi connectivity index (χ0v) is 22.4. The van der Waals surface area contributed by atoms with Gasteiger partial charge in [-0.1, -0.05) is 6.07 Å². The van der Waals surface area contributed by atoms with Crippen molar-refractivity contribution < 1.29 is 79.9 Å². The van der Waals surface area contributed by atoms with Crippen molar-refractivity contribution in [3.63, 3.8) is 0 Å². The number of phenols is 3. The van der Waals surface area contributed by atoms with Crippen LogP contribution >= 0.6 is 0 Å². The van der Waals surface area contributed by atoms with Crippen LogP contribution in [0.5, 0.6) is 28.7 Å². The number of hydrogen-bond donors (Lipinski definition) is 11. The Labute approximate surface area is 243 Å². The summed E-state index contributed by atoms with van der Waals surface area (Å²) in [5, 5.41) is 112. The predicted molar refractivity (Wildman–Crippen MR) is 138 cm³/mol. The van der Waals surface area contributed by atoms with E-state index in [4.69, 9.17) is 23.7 Å². The standard InChI is InChI=1S/C27H34O16/c28-7-17-19(34)20(35)22(37)27(41-17)43-25-18(8-29)42-26(23(38)21(25)36)40-15-2-1-9(3-13(15)32)24-14(33)6-11-12(31)4-10(30)5-16(11)39-24/h1-5,14,17-38H,6-8H2/t14?,17-,18-,19-,20+,21-,22-,23-,24?,25-,26+,27-/m1/s1. The number of aromatic hydroxyl groups is 3. The van der Waals surface area contributed by atoms with E-state index in [2.05, 4.69) is 0 Å². The zero-order valence-electron chi connectivity index (χ0n) is 22.4. The molecule has 0 amide bonds. The van der Waals surface area contributed by atoms with Crippen LogP contribution in [0.1, 0.15) is 17.2 Å². The van der Waals surface area contributed by atoms with Crippen molar-refractivity contribution >= 4 is 0 Å². The molecule has 0 spiro atoms. The van der Waals surface area contributed by atoms with Crippen LogP contribution in [0.15, 0.2) is 30.3 Å². The normalized spacial score (nSPS) is 37.8. The van der Waals surface area contributed by atoms with Crippen molar-refractivity contribution in [2.24, 2.45) is 0 Å². The third-order valence-corrected chi connectivity index (χ3v) is 7.70. The molecule has 0 aliphatic carbocycles. The van der Waals surface area contributed by atoms with E-state index in [1.165, 1.54) is 24.3 Å². The molecule has 11 N–H and O–H groups in total. The van der Waals surface area contributed by atoms with Crippen molar-refractivity contribution in [1.82, 2.24) is 0 Å². The maximum Gasteiger partial charge on any atom is 0.229 e. The van der Waals surface area contributed by atoms with Gasteiger partial charge < -0.3 is 79.9 Å². The summed E-state index contributed by atoms with van der Waals surface area (Å²) in [4.78, 5) is 0. The molecule has 0 radical (unpaired) electrons. The fourth-order valence-electron chi connectivity index (χ4n) is 5.34. The average Bonchev–Trinajstić information content (AvgIpc) is 2.97. The van der Waals surface area contributed by atoms with Gasteiger partial charge in [-0.2, -0.15) is 0 Å². The van der Waals surface area contributed by atoms with Gasteiger partial charge in [0.15, 0.2) is 17.8 Å². The quantitative estimate of drug-likeness (QED) is 0.147. The van der Waals surface area contributed by atoms with Crippen molar-refractivity contribution in [2.45, 2.75) is 80.0 Å². The van der Waals surface area contributed by atoms with Gasteiger partial charge in [0.25, 0.3) is 0 Å². The van der Waals surface area contributed by atoms with Gasteiger partial charge in [-0.15, -0.1) is 0 Å². The van der Waals surface area contributed by atoms with Gasteiger partial charge in [-0.3, -0.25) is 0 Å². The summed E-state index contributed by atoms with van der Waals surface area (Å²) in [6.07, 6.45) is -18.6. The van der Waals surface area contributed by atoms with Gasteiger partial charge in [0.2, 0.25) is 6.29 Å². The number of hydrogen-bond acceptors (Lipinski definition) is 16. The average molecular weight is 615 g/mol. The van der Waals surface area contributed by atoms with Crippen molar-refractivity contribution in [2.75, 3.05) is 13.2 Å². The van der Waals surface area contributed by atoms with Gasteiger partial charge in [0, 0.05) is 24.1 Å². The molecule has 3 aliphatic rings. The minimum absolute atomic E-state index is 0.0000306. The Hall–Kier alpha value is -3.00. The second-order valence-corrected chi connectivity index (χ2v) is 10.6. The van der Waals surface area contributed by atoms with Gasteiger partial charge in [-0.05, 0) is 17.7 Å². The number of fused-ring (bicyclic) bond motifs is 1. The Kier molecular flexibility index (Phi) is 9.17. The number of phenolic OH excluding ortho intramolecular Hbond substituents is 3. The molecule has 0 aromatic heterocycles. The van der Waals surface area contributed by atoms with Crippen LogP contribution in [0.3, 0.4) is 0 Å². The van der Waals surface area contributed by atoms with E-state index >= 15 is 0 Å². The third-order valence-electron chi connectivity index (χ3n) is 7.70. The molecule has 0 saturated carbocycles. The molecule has 0 bridgehead atoms. The maximum absolute atomic E-state index is 10.8. The Bertz CT molecular complexity index is 1270. The Balaban J connectivity index is 1.28. The molecule has 43 heavy (non-hydrogen) atoms. The molecule has 3 heterocycles. The van der Waals surface area contributed by atoms with Crippen LogP contribution in [0.2, 0.25) is 0 Å². The Morgan fingerprint density at radius 3 is 2.07 bits per heavy atom. The highest BCUT2D eigenvalue weighted by Gasteiger charge is 2.51. The Morgan fingerprint density at radius 2 is 1.40 bits per heavy atom. The van der Waals surface area contributed by atoms with Crippen molar-refractivity contribution in [3.8, 4) is 28.7 Å². The van der Waals surface area contributed by atoms with E-state index in [0.717, 1.165) is 6.07 Å². The second-order valence-electron chi connectivity index (χ2n) is 10.6. The number of ether oxygens (including phenoxy) is 5. The second kappa shape index (κ2) is 12.5. The van der Waals surface area contributed by atoms with E-state index < -0.39 is 92.6 Å². The fraction of sp³-hybridized carbons (Fsp3) is 0.556. The van der Waals surface area contributed by atoms with Crippen LogP contribution < -0.4 is 9.47 Å². The topological polar surface area (TPSA) is 269 Å². The first-order valence-electron chi connectivity index (χ1n) is 13.4. The lowest BCUT2D eigenvalue weighted by Crippen LogP contribution is -2.65. The number of rotatable bonds is 7. The molecule has 16 heteroatoms. The highest BCUT2D eigenvalue weighted by molar-refractivity contribution is 5.52. The molecule has 2 saturated heterocycles. The SMILES string of the molecule is OC[C@H]1O[C@H](O[C@H]2[C@H](O)[C@@H](O)[C@@H](Oc3ccc(C4Oc5cc(O)cc(O)c5CC4O)cc3O)O[C@@H]2CO)[C@H](O)[C@@H](O)[C@@H]1O. The lowest BCUT2D eigenvalue weighted by Gasteiger charge is -2.45. The highest BCUT2D eigenvalue weighted by Crippen LogP contribution is 2.43. The van der Waals surface area contributed by atoms with E-state index in [0.29, 0.717) is 11.1 Å². The first-order valence-corrected chi connectivity index (χ1v) is 13.4.